The minimum absolute atomic E-state index is 0.0573. The average Bonchev–Trinajstić information content (AvgIpc) is 2.14. The predicted molar refractivity (Wildman–Crippen MR) is 77.3 cm³/mol. The number of nitrogens with one attached hydrogen (secondary N) is 4. The first-order chi connectivity index (χ1) is 7.97. The van der Waals surface area contributed by atoms with Crippen LogP contribution in [0.4, 0.5) is 0 Å². The molecule has 0 saturated carbocycles. The van der Waals surface area contributed by atoms with Crippen molar-refractivity contribution in [2.24, 2.45) is 5.73 Å². The zero-order valence-corrected chi connectivity index (χ0v) is 10.2. The Balaban J connectivity index is 2.40. The summed E-state index contributed by atoms with van der Waals surface area (Å²) in [4.78, 5) is 0. The van der Waals surface area contributed by atoms with Crippen LogP contribution in [0.3, 0.4) is 0 Å². The van der Waals surface area contributed by atoms with Gasteiger partial charge in [0.05, 0.1) is 0 Å². The van der Waals surface area contributed by atoms with E-state index in [0.717, 1.165) is 6.42 Å². The van der Waals surface area contributed by atoms with E-state index in [1.165, 1.54) is 16.5 Å². The fraction of sp³-hybridized carbons (Fsp3) is 0.200. The van der Waals surface area contributed by atoms with Crippen LogP contribution in [0.25, 0.3) is 0 Å². The molecule has 88 valence electrons. The summed E-state index contributed by atoms with van der Waals surface area (Å²) in [7, 11) is 4.15. The lowest BCUT2D eigenvalue weighted by molar-refractivity contribution is 0.842. The second kappa shape index (κ2) is 5.98. The molecule has 1 aromatic carbocycles. The van der Waals surface area contributed by atoms with Crippen molar-refractivity contribution in [3.8, 4) is 0 Å². The molecule has 0 aromatic heterocycles. The lowest BCUT2D eigenvalue weighted by atomic mass is 9.85. The molecule has 1 aromatic rings. The van der Waals surface area contributed by atoms with E-state index in [2.05, 4.69) is 44.5 Å². The lowest BCUT2D eigenvalue weighted by Crippen LogP contribution is -2.43. The largest absolute Gasteiger partial charge is 0.370 e. The van der Waals surface area contributed by atoms with E-state index in [4.69, 9.17) is 16.6 Å². The topological polar surface area (TPSA) is 97.8 Å². The maximum atomic E-state index is 7.43. The van der Waals surface area contributed by atoms with Crippen molar-refractivity contribution in [3.63, 3.8) is 0 Å². The highest BCUT2D eigenvalue weighted by atomic mass is 15.2. The molecular weight excluding hydrogens is 212 g/mol. The molecule has 7 heteroatoms. The number of benzene rings is 1. The molecule has 0 aliphatic carbocycles. The van der Waals surface area contributed by atoms with E-state index in [1.807, 2.05) is 0 Å². The molecule has 0 fully saturated rings. The molecule has 0 amide bonds. The average molecular weight is 229 g/mol. The Morgan fingerprint density at radius 2 is 1.76 bits per heavy atom. The molecule has 0 aliphatic rings. The van der Waals surface area contributed by atoms with Gasteiger partial charge >= 0.3 is 0 Å². The van der Waals surface area contributed by atoms with E-state index in [1.54, 1.807) is 0 Å². The fourth-order valence-corrected chi connectivity index (χ4v) is 1.72. The summed E-state index contributed by atoms with van der Waals surface area (Å²) >= 11 is 0. The van der Waals surface area contributed by atoms with Crippen LogP contribution in [0.1, 0.15) is 5.56 Å². The van der Waals surface area contributed by atoms with Crippen LogP contribution in [-0.2, 0) is 6.42 Å². The van der Waals surface area contributed by atoms with E-state index < -0.39 is 0 Å². The van der Waals surface area contributed by atoms with Gasteiger partial charge in [-0.15, -0.1) is 0 Å². The fourth-order valence-electron chi connectivity index (χ4n) is 1.72. The number of rotatable bonds is 3. The first-order valence-corrected chi connectivity index (χ1v) is 5.48. The molecule has 6 N–H and O–H groups in total. The van der Waals surface area contributed by atoms with Crippen molar-refractivity contribution >= 4 is 38.5 Å². The molecule has 0 saturated heterocycles. The third-order valence-electron chi connectivity index (χ3n) is 2.26. The van der Waals surface area contributed by atoms with Crippen LogP contribution in [0.15, 0.2) is 18.2 Å². The maximum Gasteiger partial charge on any atom is 0.195 e. The molecule has 17 heavy (non-hydrogen) atoms. The molecule has 0 spiro atoms. The van der Waals surface area contributed by atoms with Gasteiger partial charge in [0.15, 0.2) is 11.9 Å². The summed E-state index contributed by atoms with van der Waals surface area (Å²) in [5.41, 5.74) is 8.84. The zero-order valence-electron chi connectivity index (χ0n) is 10.2. The van der Waals surface area contributed by atoms with Gasteiger partial charge in [-0.2, -0.15) is 0 Å². The summed E-state index contributed by atoms with van der Waals surface area (Å²) in [6, 6.07) is 6.41. The van der Waals surface area contributed by atoms with Gasteiger partial charge in [-0.05, 0) is 12.0 Å². The van der Waals surface area contributed by atoms with Gasteiger partial charge in [-0.25, -0.2) is 0 Å². The Bertz CT molecular complexity index is 412. The van der Waals surface area contributed by atoms with Crippen molar-refractivity contribution in [2.45, 2.75) is 6.42 Å². The minimum Gasteiger partial charge on any atom is -0.370 e. The second-order valence-corrected chi connectivity index (χ2v) is 4.09. The molecule has 0 radical (unpaired) electrons. The Hall–Kier alpha value is -1.91. The summed E-state index contributed by atoms with van der Waals surface area (Å²) in [5.74, 6) is -0.171. The van der Waals surface area contributed by atoms with Crippen LogP contribution in [0.2, 0.25) is 0 Å². The Labute approximate surface area is 103 Å². The zero-order chi connectivity index (χ0) is 12.8. The smallest absolute Gasteiger partial charge is 0.195 e. The van der Waals surface area contributed by atoms with E-state index in [-0.39, 0.29) is 11.9 Å². The number of hydrogen-bond donors (Lipinski definition) is 5. The quantitative estimate of drug-likeness (QED) is 0.214. The van der Waals surface area contributed by atoms with Crippen LogP contribution < -0.4 is 27.3 Å². The highest BCUT2D eigenvalue weighted by molar-refractivity contribution is 6.37. The Morgan fingerprint density at radius 3 is 2.29 bits per heavy atom. The molecule has 0 atom stereocenters. The van der Waals surface area contributed by atoms with E-state index in [0.29, 0.717) is 6.54 Å². The first kappa shape index (κ1) is 13.2. The van der Waals surface area contributed by atoms with Gasteiger partial charge in [-0.1, -0.05) is 29.1 Å². The van der Waals surface area contributed by atoms with Crippen LogP contribution in [0, 0.1) is 10.8 Å². The van der Waals surface area contributed by atoms with Gasteiger partial charge < -0.3 is 11.1 Å². The van der Waals surface area contributed by atoms with Gasteiger partial charge in [0, 0.05) is 6.54 Å². The van der Waals surface area contributed by atoms with Crippen LogP contribution in [0.5, 0.6) is 0 Å². The van der Waals surface area contributed by atoms with Gasteiger partial charge in [-0.3, -0.25) is 16.1 Å². The molecule has 0 aliphatic heterocycles. The van der Waals surface area contributed by atoms with E-state index in [9.17, 15) is 0 Å². The SMILES string of the molecule is Bc1cc(B)cc(CCNC(=N)NC(=N)N)c1. The van der Waals surface area contributed by atoms with Crippen molar-refractivity contribution in [1.29, 1.82) is 10.8 Å². The second-order valence-electron chi connectivity index (χ2n) is 4.09. The minimum atomic E-state index is -0.228. The van der Waals surface area contributed by atoms with Gasteiger partial charge in [0.1, 0.15) is 15.7 Å². The third kappa shape index (κ3) is 5.10. The van der Waals surface area contributed by atoms with Crippen LogP contribution >= 0.6 is 0 Å². The standard InChI is InChI=1S/C10H17B2N5/c11-7-3-6(4-8(12)5-7)1-2-16-10(15)17-9(13)14/h3-5H,1-2,11-12H2,(H6,13,14,15,16,17). The maximum absolute atomic E-state index is 7.43. The number of nitrogens with two attached hydrogens (primary N) is 1. The van der Waals surface area contributed by atoms with E-state index >= 15 is 0 Å². The molecule has 0 bridgehead atoms. The molecule has 0 unspecified atom stereocenters. The summed E-state index contributed by atoms with van der Waals surface area (Å²) in [6.45, 7) is 0.641. The first-order valence-electron chi connectivity index (χ1n) is 5.48. The summed E-state index contributed by atoms with van der Waals surface area (Å²) in [6.07, 6.45) is 0.838. The van der Waals surface area contributed by atoms with Crippen molar-refractivity contribution in [3.05, 3.63) is 23.8 Å². The predicted octanol–water partition coefficient (Wildman–Crippen LogP) is -3.25. The van der Waals surface area contributed by atoms with Crippen molar-refractivity contribution in [1.82, 2.24) is 10.6 Å². The third-order valence-corrected chi connectivity index (χ3v) is 2.26. The van der Waals surface area contributed by atoms with Crippen LogP contribution in [-0.4, -0.2) is 34.2 Å². The Kier molecular flexibility index (Phi) is 4.63. The number of hydrogen-bond acceptors (Lipinski definition) is 2. The highest BCUT2D eigenvalue weighted by Gasteiger charge is 1.98. The molecule has 1 rings (SSSR count). The van der Waals surface area contributed by atoms with Crippen molar-refractivity contribution < 1.29 is 0 Å². The number of guanidine groups is 2. The molecular formula is C10H17B2N5. The Morgan fingerprint density at radius 1 is 1.18 bits per heavy atom. The monoisotopic (exact) mass is 229 g/mol. The highest BCUT2D eigenvalue weighted by Crippen LogP contribution is 1.94. The summed E-state index contributed by atoms with van der Waals surface area (Å²) < 4.78 is 0. The van der Waals surface area contributed by atoms with Gasteiger partial charge in [0.2, 0.25) is 0 Å². The molecule has 5 nitrogen and oxygen atoms in total. The van der Waals surface area contributed by atoms with Gasteiger partial charge in [0.25, 0.3) is 0 Å². The normalized spacial score (nSPS) is 9.65. The lowest BCUT2D eigenvalue weighted by Gasteiger charge is -2.09. The van der Waals surface area contributed by atoms with Crippen molar-refractivity contribution in [2.75, 3.05) is 6.54 Å². The molecule has 0 heterocycles. The summed E-state index contributed by atoms with van der Waals surface area (Å²) in [5, 5.41) is 19.6.